The van der Waals surface area contributed by atoms with E-state index in [4.69, 9.17) is 0 Å². The molecule has 0 saturated heterocycles. The summed E-state index contributed by atoms with van der Waals surface area (Å²) in [5.41, 5.74) is 2.67. The molecule has 0 aromatic heterocycles. The molecular formula is C14H17FN2. The van der Waals surface area contributed by atoms with Crippen LogP contribution in [0.25, 0.3) is 0 Å². The number of hydrogen-bond acceptors (Lipinski definition) is 2. The molecule has 2 nitrogen and oxygen atoms in total. The van der Waals surface area contributed by atoms with Crippen LogP contribution >= 0.6 is 0 Å². The van der Waals surface area contributed by atoms with E-state index in [1.54, 1.807) is 6.08 Å². The molecule has 0 fully saturated rings. The molecule has 0 N–H and O–H groups in total. The number of fused-ring (bicyclic) bond motifs is 1. The van der Waals surface area contributed by atoms with E-state index in [1.165, 1.54) is 6.92 Å². The molecule has 0 radical (unpaired) electrons. The van der Waals surface area contributed by atoms with Gasteiger partial charge in [-0.2, -0.15) is 0 Å². The van der Waals surface area contributed by atoms with Gasteiger partial charge in [-0.1, -0.05) is 18.7 Å². The average Bonchev–Trinajstić information content (AvgIpc) is 2.56. The maximum Gasteiger partial charge on any atom is 0.120 e. The lowest BCUT2D eigenvalue weighted by Gasteiger charge is -2.28. The summed E-state index contributed by atoms with van der Waals surface area (Å²) in [6.45, 7) is 7.21. The Labute approximate surface area is 102 Å². The van der Waals surface area contributed by atoms with Crippen LogP contribution in [-0.2, 0) is 0 Å². The zero-order valence-electron chi connectivity index (χ0n) is 10.4. The van der Waals surface area contributed by atoms with Crippen LogP contribution < -0.4 is 9.80 Å². The first kappa shape index (κ1) is 11.7. The normalized spacial score (nSPS) is 20.1. The van der Waals surface area contributed by atoms with Crippen LogP contribution in [0.2, 0.25) is 0 Å². The summed E-state index contributed by atoms with van der Waals surface area (Å²) in [4.78, 5) is 4.10. The van der Waals surface area contributed by atoms with E-state index in [0.29, 0.717) is 5.70 Å². The quantitative estimate of drug-likeness (QED) is 0.718. The van der Waals surface area contributed by atoms with Crippen LogP contribution in [0.1, 0.15) is 13.8 Å². The van der Waals surface area contributed by atoms with Crippen molar-refractivity contribution in [2.45, 2.75) is 20.0 Å². The highest BCUT2D eigenvalue weighted by Crippen LogP contribution is 2.41. The molecule has 1 aliphatic rings. The zero-order valence-corrected chi connectivity index (χ0v) is 10.4. The molecule has 1 aliphatic heterocycles. The molecule has 0 aliphatic carbocycles. The van der Waals surface area contributed by atoms with E-state index in [9.17, 15) is 4.39 Å². The van der Waals surface area contributed by atoms with Gasteiger partial charge in [0.25, 0.3) is 0 Å². The monoisotopic (exact) mass is 232 g/mol. The minimum absolute atomic E-state index is 0.0890. The number of halogens is 1. The van der Waals surface area contributed by atoms with Gasteiger partial charge < -0.3 is 9.80 Å². The van der Waals surface area contributed by atoms with Crippen molar-refractivity contribution in [3.8, 4) is 0 Å². The number of hydrogen-bond donors (Lipinski definition) is 0. The van der Waals surface area contributed by atoms with Crippen molar-refractivity contribution >= 4 is 11.4 Å². The second-order valence-corrected chi connectivity index (χ2v) is 4.22. The molecular weight excluding hydrogens is 215 g/mol. The van der Waals surface area contributed by atoms with Gasteiger partial charge in [-0.15, -0.1) is 0 Å². The molecule has 1 unspecified atom stereocenters. The number of allylic oxidation sites excluding steroid dienone is 2. The second-order valence-electron chi connectivity index (χ2n) is 4.22. The largest absolute Gasteiger partial charge is 0.353 e. The minimum atomic E-state index is -0.211. The lowest BCUT2D eigenvalue weighted by atomic mass is 10.2. The van der Waals surface area contributed by atoms with Gasteiger partial charge in [0.05, 0.1) is 17.1 Å². The molecule has 3 heteroatoms. The molecule has 1 atom stereocenters. The fourth-order valence-electron chi connectivity index (χ4n) is 2.28. The summed E-state index contributed by atoms with van der Waals surface area (Å²) < 4.78 is 13.6. The lowest BCUT2D eigenvalue weighted by Crippen LogP contribution is -2.38. The Morgan fingerprint density at radius 1 is 1.35 bits per heavy atom. The van der Waals surface area contributed by atoms with Gasteiger partial charge in [-0.3, -0.25) is 0 Å². The summed E-state index contributed by atoms with van der Waals surface area (Å²) in [5, 5.41) is 0. The minimum Gasteiger partial charge on any atom is -0.353 e. The zero-order chi connectivity index (χ0) is 12.6. The molecule has 90 valence electrons. The lowest BCUT2D eigenvalue weighted by molar-refractivity contribution is 0.612. The Hall–Kier alpha value is -1.77. The highest BCUT2D eigenvalue weighted by atomic mass is 19.1. The number of nitrogens with zero attached hydrogens (tertiary/aromatic N) is 2. The SMILES string of the molecule is C=C/C(=C(\C)F)N1c2ccccc2N(C)C1C. The summed E-state index contributed by atoms with van der Waals surface area (Å²) in [6, 6.07) is 8.00. The highest BCUT2D eigenvalue weighted by Gasteiger charge is 2.32. The number of para-hydroxylation sites is 2. The van der Waals surface area contributed by atoms with Crippen molar-refractivity contribution < 1.29 is 4.39 Å². The molecule has 2 rings (SSSR count). The molecule has 17 heavy (non-hydrogen) atoms. The molecule has 1 aromatic carbocycles. The fourth-order valence-corrected chi connectivity index (χ4v) is 2.28. The van der Waals surface area contributed by atoms with Crippen LogP contribution in [-0.4, -0.2) is 13.2 Å². The van der Waals surface area contributed by atoms with Crippen LogP contribution in [0.3, 0.4) is 0 Å². The highest BCUT2D eigenvalue weighted by molar-refractivity contribution is 5.80. The van der Waals surface area contributed by atoms with Crippen molar-refractivity contribution in [2.75, 3.05) is 16.8 Å². The smallest absolute Gasteiger partial charge is 0.120 e. The predicted octanol–water partition coefficient (Wildman–Crippen LogP) is 3.68. The molecule has 1 heterocycles. The first-order chi connectivity index (χ1) is 8.07. The molecule has 0 saturated carbocycles. The molecule has 0 amide bonds. The van der Waals surface area contributed by atoms with Gasteiger partial charge in [0.1, 0.15) is 12.0 Å². The Balaban J connectivity index is 2.57. The summed E-state index contributed by atoms with van der Waals surface area (Å²) in [5.74, 6) is -0.211. The third-order valence-corrected chi connectivity index (χ3v) is 3.26. The van der Waals surface area contributed by atoms with Crippen LogP contribution in [0.4, 0.5) is 15.8 Å². The van der Waals surface area contributed by atoms with E-state index in [-0.39, 0.29) is 12.0 Å². The van der Waals surface area contributed by atoms with Crippen LogP contribution in [0.15, 0.2) is 48.4 Å². The van der Waals surface area contributed by atoms with Gasteiger partial charge >= 0.3 is 0 Å². The van der Waals surface area contributed by atoms with Crippen molar-refractivity contribution in [1.82, 2.24) is 0 Å². The number of benzene rings is 1. The Kier molecular flexibility index (Phi) is 2.92. The third kappa shape index (κ3) is 1.71. The Morgan fingerprint density at radius 3 is 2.47 bits per heavy atom. The maximum absolute atomic E-state index is 13.6. The molecule has 0 bridgehead atoms. The van der Waals surface area contributed by atoms with Gasteiger partial charge in [0.2, 0.25) is 0 Å². The third-order valence-electron chi connectivity index (χ3n) is 3.26. The van der Waals surface area contributed by atoms with Gasteiger partial charge in [0, 0.05) is 7.05 Å². The second kappa shape index (κ2) is 4.24. The molecule has 1 aromatic rings. The van der Waals surface area contributed by atoms with Gasteiger partial charge in [-0.25, -0.2) is 4.39 Å². The summed E-state index contributed by atoms with van der Waals surface area (Å²) in [6.07, 6.45) is 1.66. The van der Waals surface area contributed by atoms with Crippen molar-refractivity contribution in [3.63, 3.8) is 0 Å². The number of anilines is 2. The topological polar surface area (TPSA) is 6.48 Å². The number of rotatable bonds is 2. The first-order valence-electron chi connectivity index (χ1n) is 5.68. The average molecular weight is 232 g/mol. The van der Waals surface area contributed by atoms with Crippen molar-refractivity contribution in [3.05, 3.63) is 48.4 Å². The van der Waals surface area contributed by atoms with Crippen molar-refractivity contribution in [2.24, 2.45) is 0 Å². The van der Waals surface area contributed by atoms with E-state index < -0.39 is 0 Å². The first-order valence-corrected chi connectivity index (χ1v) is 5.68. The van der Waals surface area contributed by atoms with Gasteiger partial charge in [-0.05, 0) is 32.1 Å². The van der Waals surface area contributed by atoms with Gasteiger partial charge in [0.15, 0.2) is 0 Å². The van der Waals surface area contributed by atoms with Crippen LogP contribution in [0.5, 0.6) is 0 Å². The Bertz CT molecular complexity index is 475. The maximum atomic E-state index is 13.6. The van der Waals surface area contributed by atoms with E-state index in [1.807, 2.05) is 43.1 Å². The summed E-state index contributed by atoms with van der Waals surface area (Å²) in [7, 11) is 2.01. The molecule has 0 spiro atoms. The standard InChI is InChI=1S/C14H17FN2/c1-5-12(10(2)15)17-11(3)16(4)13-8-6-7-9-14(13)17/h5-9,11H,1H2,2-4H3/b12-10-. The van der Waals surface area contributed by atoms with Crippen LogP contribution in [0, 0.1) is 0 Å². The summed E-state index contributed by atoms with van der Waals surface area (Å²) >= 11 is 0. The van der Waals surface area contributed by atoms with E-state index >= 15 is 0 Å². The predicted molar refractivity (Wildman–Crippen MR) is 70.8 cm³/mol. The van der Waals surface area contributed by atoms with E-state index in [2.05, 4.69) is 11.5 Å². The Morgan fingerprint density at radius 2 is 1.94 bits per heavy atom. The van der Waals surface area contributed by atoms with E-state index in [0.717, 1.165) is 11.4 Å². The van der Waals surface area contributed by atoms with Crippen molar-refractivity contribution in [1.29, 1.82) is 0 Å². The fraction of sp³-hybridized carbons (Fsp3) is 0.286.